The molecule has 0 aromatic heterocycles. The number of hydrogen-bond donors (Lipinski definition) is 1. The summed E-state index contributed by atoms with van der Waals surface area (Å²) >= 11 is 1.73. The van der Waals surface area contributed by atoms with E-state index in [1.54, 1.807) is 24.2 Å². The second-order valence-electron chi connectivity index (χ2n) is 6.23. The summed E-state index contributed by atoms with van der Waals surface area (Å²) < 4.78 is 6.40. The molecule has 1 N–H and O–H groups in total. The molecule has 3 nitrogen and oxygen atoms in total. The molecule has 0 saturated heterocycles. The number of nitrogens with one attached hydrogen (secondary N) is 1. The van der Waals surface area contributed by atoms with Crippen LogP contribution in [-0.2, 0) is 4.79 Å². The summed E-state index contributed by atoms with van der Waals surface area (Å²) in [7, 11) is -1.42. The molecule has 0 aliphatic heterocycles. The van der Waals surface area contributed by atoms with Crippen LogP contribution in [0.3, 0.4) is 0 Å². The van der Waals surface area contributed by atoms with E-state index >= 15 is 0 Å². The van der Waals surface area contributed by atoms with Crippen LogP contribution < -0.4 is 14.9 Å². The van der Waals surface area contributed by atoms with Gasteiger partial charge in [-0.1, -0.05) is 71.9 Å². The maximum absolute atomic E-state index is 11.4. The zero-order chi connectivity index (χ0) is 19.8. The van der Waals surface area contributed by atoms with Crippen LogP contribution >= 0.6 is 11.2 Å². The third-order valence-electron chi connectivity index (χ3n) is 3.80. The smallest absolute Gasteiger partial charge is 0.395 e. The number of ketones is 1. The first-order valence-electron chi connectivity index (χ1n) is 9.00. The predicted octanol–water partition coefficient (Wildman–Crippen LogP) is 5.16. The number of benzene rings is 3. The highest BCUT2D eigenvalue weighted by Crippen LogP contribution is 2.31. The number of carbonyl (C=O) groups is 1. The summed E-state index contributed by atoms with van der Waals surface area (Å²) in [6, 6.07) is 28.3. The molecular weight excluding hydrogens is 382 g/mol. The second-order valence-corrected chi connectivity index (χ2v) is 9.95. The monoisotopic (exact) mass is 404 g/mol. The van der Waals surface area contributed by atoms with E-state index in [2.05, 4.69) is 23.5 Å². The van der Waals surface area contributed by atoms with Crippen molar-refractivity contribution in [1.29, 1.82) is 0 Å². The van der Waals surface area contributed by atoms with Crippen LogP contribution in [0.1, 0.15) is 13.8 Å². The van der Waals surface area contributed by atoms with Crippen LogP contribution in [0.25, 0.3) is 0 Å². The molecule has 141 valence electrons. The zero-order valence-electron chi connectivity index (χ0n) is 15.9. The summed E-state index contributed by atoms with van der Waals surface area (Å²) in [6.45, 7) is 3.45. The van der Waals surface area contributed by atoms with Crippen LogP contribution in [-0.4, -0.2) is 14.0 Å². The molecule has 1 radical (unpaired) electrons. The molecule has 0 heterocycles. The van der Waals surface area contributed by atoms with Crippen molar-refractivity contribution >= 4 is 36.1 Å². The molecule has 0 bridgehead atoms. The lowest BCUT2D eigenvalue weighted by atomic mass is 10.3. The number of rotatable bonds is 8. The van der Waals surface area contributed by atoms with Crippen molar-refractivity contribution in [3.63, 3.8) is 0 Å². The standard InChI is InChI=1S/C23H22NO2SSi/c1-18(17-19(2)25)24-22-15-9-10-16-23(22)27-28(21-13-7-4-8-14-21)26-20-11-5-3-6-12-20/h3-17,24H,1-2H3/b18-17+. The van der Waals surface area contributed by atoms with Gasteiger partial charge in [0.25, 0.3) is 0 Å². The number of allylic oxidation sites excluding steroid dienone is 2. The molecule has 0 spiro atoms. The largest absolute Gasteiger partial charge is 0.528 e. The Kier molecular flexibility index (Phi) is 7.11. The summed E-state index contributed by atoms with van der Waals surface area (Å²) in [6.07, 6.45) is 1.60. The highest BCUT2D eigenvalue weighted by Gasteiger charge is 2.22. The number of carbonyl (C=O) groups excluding carboxylic acids is 1. The molecule has 0 fully saturated rings. The Morgan fingerprint density at radius 1 is 0.893 bits per heavy atom. The lowest BCUT2D eigenvalue weighted by molar-refractivity contribution is -0.112. The van der Waals surface area contributed by atoms with Gasteiger partial charge in [-0.25, -0.2) is 0 Å². The van der Waals surface area contributed by atoms with Gasteiger partial charge in [-0.3, -0.25) is 4.79 Å². The Balaban J connectivity index is 1.88. The Morgan fingerprint density at radius 3 is 2.18 bits per heavy atom. The molecule has 5 heteroatoms. The zero-order valence-corrected chi connectivity index (χ0v) is 17.7. The van der Waals surface area contributed by atoms with Crippen molar-refractivity contribution in [2.75, 3.05) is 5.32 Å². The third-order valence-corrected chi connectivity index (χ3v) is 7.96. The first kappa shape index (κ1) is 20.0. The molecule has 3 rings (SSSR count). The molecule has 28 heavy (non-hydrogen) atoms. The van der Waals surface area contributed by atoms with Gasteiger partial charge in [0.2, 0.25) is 0 Å². The Labute approximate surface area is 171 Å². The average Bonchev–Trinajstić information content (AvgIpc) is 2.70. The molecule has 0 atom stereocenters. The van der Waals surface area contributed by atoms with Crippen molar-refractivity contribution in [1.82, 2.24) is 0 Å². The molecule has 0 aliphatic rings. The second kappa shape index (κ2) is 9.97. The third kappa shape index (κ3) is 5.87. The van der Waals surface area contributed by atoms with E-state index in [-0.39, 0.29) is 5.78 Å². The molecule has 3 aromatic rings. The van der Waals surface area contributed by atoms with Crippen molar-refractivity contribution in [3.05, 3.63) is 96.7 Å². The van der Waals surface area contributed by atoms with Gasteiger partial charge in [0.1, 0.15) is 5.75 Å². The quantitative estimate of drug-likeness (QED) is 0.416. The van der Waals surface area contributed by atoms with Gasteiger partial charge in [0.05, 0.1) is 5.69 Å². The van der Waals surface area contributed by atoms with Gasteiger partial charge in [-0.2, -0.15) is 0 Å². The van der Waals surface area contributed by atoms with Crippen molar-refractivity contribution in [3.8, 4) is 5.75 Å². The van der Waals surface area contributed by atoms with Crippen molar-refractivity contribution < 1.29 is 9.22 Å². The van der Waals surface area contributed by atoms with Crippen LogP contribution in [0.5, 0.6) is 5.75 Å². The molecule has 0 unspecified atom stereocenters. The maximum atomic E-state index is 11.4. The van der Waals surface area contributed by atoms with Crippen LogP contribution in [0.15, 0.2) is 102 Å². The van der Waals surface area contributed by atoms with E-state index in [0.29, 0.717) is 0 Å². The van der Waals surface area contributed by atoms with Gasteiger partial charge < -0.3 is 9.74 Å². The Morgan fingerprint density at radius 2 is 1.50 bits per heavy atom. The lowest BCUT2D eigenvalue weighted by Gasteiger charge is -2.18. The van der Waals surface area contributed by atoms with Crippen LogP contribution in [0, 0.1) is 0 Å². The molecule has 0 saturated carbocycles. The van der Waals surface area contributed by atoms with Crippen LogP contribution in [0.2, 0.25) is 0 Å². The van der Waals surface area contributed by atoms with E-state index in [1.165, 1.54) is 5.19 Å². The fourth-order valence-electron chi connectivity index (χ4n) is 2.62. The summed E-state index contributed by atoms with van der Waals surface area (Å²) in [5, 5.41) is 4.53. The highest BCUT2D eigenvalue weighted by molar-refractivity contribution is 8.26. The van der Waals surface area contributed by atoms with E-state index in [4.69, 9.17) is 4.43 Å². The average molecular weight is 405 g/mol. The van der Waals surface area contributed by atoms with E-state index < -0.39 is 8.19 Å². The fraction of sp³-hybridized carbons (Fsp3) is 0.0870. The SMILES string of the molecule is CC(=O)/C=C(\C)Nc1ccccc1S[Si](Oc1ccccc1)c1ccccc1. The summed E-state index contributed by atoms with van der Waals surface area (Å²) in [4.78, 5) is 12.4. The van der Waals surface area contributed by atoms with E-state index in [1.807, 2.05) is 73.7 Å². The minimum atomic E-state index is -1.42. The highest BCUT2D eigenvalue weighted by atomic mass is 32.4. The number of para-hydroxylation sites is 2. The molecule has 0 amide bonds. The minimum absolute atomic E-state index is 0.0246. The van der Waals surface area contributed by atoms with Gasteiger partial charge in [-0.15, -0.1) is 0 Å². The normalized spacial score (nSPS) is 11.3. The Hall–Kier alpha value is -2.76. The van der Waals surface area contributed by atoms with Crippen LogP contribution in [0.4, 0.5) is 5.69 Å². The predicted molar refractivity (Wildman–Crippen MR) is 119 cm³/mol. The maximum Gasteiger partial charge on any atom is 0.395 e. The van der Waals surface area contributed by atoms with E-state index in [0.717, 1.165) is 22.0 Å². The van der Waals surface area contributed by atoms with E-state index in [9.17, 15) is 4.79 Å². The Bertz CT molecular complexity index is 945. The van der Waals surface area contributed by atoms with Gasteiger partial charge in [-0.05, 0) is 49.4 Å². The topological polar surface area (TPSA) is 38.3 Å². The number of anilines is 1. The first-order valence-corrected chi connectivity index (χ1v) is 11.9. The molecule has 0 aliphatic carbocycles. The van der Waals surface area contributed by atoms with Crippen molar-refractivity contribution in [2.45, 2.75) is 18.7 Å². The minimum Gasteiger partial charge on any atom is -0.528 e. The number of hydrogen-bond acceptors (Lipinski definition) is 4. The molecule has 3 aromatic carbocycles. The fourth-order valence-corrected chi connectivity index (χ4v) is 6.60. The van der Waals surface area contributed by atoms with Gasteiger partial charge in [0, 0.05) is 10.6 Å². The lowest BCUT2D eigenvalue weighted by Crippen LogP contribution is -2.33. The summed E-state index contributed by atoms with van der Waals surface area (Å²) in [5.41, 5.74) is 1.79. The van der Waals surface area contributed by atoms with Gasteiger partial charge in [0.15, 0.2) is 5.78 Å². The van der Waals surface area contributed by atoms with Gasteiger partial charge >= 0.3 is 8.19 Å². The molecular formula is C23H22NO2SSi. The summed E-state index contributed by atoms with van der Waals surface area (Å²) in [5.74, 6) is 0.891. The first-order chi connectivity index (χ1) is 13.6. The van der Waals surface area contributed by atoms with Crippen molar-refractivity contribution in [2.24, 2.45) is 0 Å².